The summed E-state index contributed by atoms with van der Waals surface area (Å²) in [6.07, 6.45) is 0. The van der Waals surface area contributed by atoms with Crippen molar-refractivity contribution in [2.45, 2.75) is 25.9 Å². The van der Waals surface area contributed by atoms with E-state index in [1.54, 1.807) is 0 Å². The largest absolute Gasteiger partial charge is 1.00 e. The zero-order valence-electron chi connectivity index (χ0n) is 8.33. The second-order valence-electron chi connectivity index (χ2n) is 3.62. The first-order chi connectivity index (χ1) is 5.08. The summed E-state index contributed by atoms with van der Waals surface area (Å²) in [5.74, 6) is 0. The van der Waals surface area contributed by atoms with Crippen LogP contribution in [0, 0.1) is 0 Å². The minimum atomic E-state index is 0. The average Bonchev–Trinajstić information content (AvgIpc) is 1.85. The second kappa shape index (κ2) is 5.08. The summed E-state index contributed by atoms with van der Waals surface area (Å²) >= 11 is 0. The Bertz CT molecular complexity index is 213. The molecular weight excluding hydrogens is 158 g/mol. The Balaban J connectivity index is 0.00000121. The van der Waals surface area contributed by atoms with Crippen molar-refractivity contribution in [2.24, 2.45) is 0 Å². The second-order valence-corrected chi connectivity index (χ2v) is 5.70. The molecule has 12 heavy (non-hydrogen) atoms. The summed E-state index contributed by atoms with van der Waals surface area (Å²) in [6, 6.07) is 10.6. The third-order valence-electron chi connectivity index (χ3n) is 1.22. The monoisotopic (exact) mass is 172 g/mol. The van der Waals surface area contributed by atoms with E-state index in [2.05, 4.69) is 51.1 Å². The molecule has 0 saturated heterocycles. The zero-order valence-corrected chi connectivity index (χ0v) is 9.23. The number of hydrogen-bond acceptors (Lipinski definition) is 0. The molecule has 0 saturated carbocycles. The molecule has 0 fully saturated rings. The normalized spacial score (nSPS) is 11.6. The molecule has 0 aliphatic carbocycles. The molecule has 0 aliphatic heterocycles. The number of benzene rings is 1. The quantitative estimate of drug-likeness (QED) is 0.415. The summed E-state index contributed by atoms with van der Waals surface area (Å²) in [6.45, 7) is 6.75. The van der Waals surface area contributed by atoms with Crippen LogP contribution in [0.15, 0.2) is 30.3 Å². The molecule has 0 spiro atoms. The molecular formula is C10H14LiP. The molecule has 0 aromatic heterocycles. The van der Waals surface area contributed by atoms with Gasteiger partial charge in [0.25, 0.3) is 0 Å². The first kappa shape index (κ1) is 12.2. The Morgan fingerprint density at radius 2 is 1.50 bits per heavy atom. The Labute approximate surface area is 89.1 Å². The van der Waals surface area contributed by atoms with Crippen molar-refractivity contribution in [3.05, 3.63) is 30.3 Å². The standard InChI is InChI=1S/C10H14P.Li/c1-10(2,3)11-9-7-5-4-6-8-9;/h4-8H,1-3H3;/q-1;+1. The first-order valence-electron chi connectivity index (χ1n) is 3.86. The van der Waals surface area contributed by atoms with Crippen molar-refractivity contribution >= 4 is 13.9 Å². The van der Waals surface area contributed by atoms with Crippen LogP contribution in [-0.4, -0.2) is 5.16 Å². The van der Waals surface area contributed by atoms with Crippen molar-refractivity contribution < 1.29 is 18.9 Å². The topological polar surface area (TPSA) is 0 Å². The van der Waals surface area contributed by atoms with Gasteiger partial charge in [-0.1, -0.05) is 51.1 Å². The van der Waals surface area contributed by atoms with Gasteiger partial charge in [-0.15, -0.1) is 0 Å². The summed E-state index contributed by atoms with van der Waals surface area (Å²) in [4.78, 5) is 0. The Hall–Kier alpha value is 0.247. The van der Waals surface area contributed by atoms with Crippen LogP contribution in [0.2, 0.25) is 0 Å². The Morgan fingerprint density at radius 1 is 1.00 bits per heavy atom. The van der Waals surface area contributed by atoms with Crippen LogP contribution in [0.5, 0.6) is 0 Å². The summed E-state index contributed by atoms with van der Waals surface area (Å²) < 4.78 is 0. The fourth-order valence-electron chi connectivity index (χ4n) is 0.890. The van der Waals surface area contributed by atoms with Gasteiger partial charge in [-0.3, -0.25) is 0 Å². The van der Waals surface area contributed by atoms with Gasteiger partial charge in [0, 0.05) is 0 Å². The van der Waals surface area contributed by atoms with Crippen molar-refractivity contribution in [1.29, 1.82) is 0 Å². The van der Waals surface area contributed by atoms with Gasteiger partial charge in [0.1, 0.15) is 0 Å². The van der Waals surface area contributed by atoms with Crippen molar-refractivity contribution in [3.8, 4) is 0 Å². The summed E-state index contributed by atoms with van der Waals surface area (Å²) in [5.41, 5.74) is 0. The van der Waals surface area contributed by atoms with Gasteiger partial charge >= 0.3 is 18.9 Å². The number of hydrogen-bond donors (Lipinski definition) is 0. The van der Waals surface area contributed by atoms with Crippen molar-refractivity contribution in [2.75, 3.05) is 0 Å². The maximum atomic E-state index is 2.25. The molecule has 0 N–H and O–H groups in total. The minimum Gasteiger partial charge on any atom is -0.500 e. The molecule has 0 radical (unpaired) electrons. The first-order valence-corrected chi connectivity index (χ1v) is 4.75. The fourth-order valence-corrected chi connectivity index (χ4v) is 1.99. The molecule has 1 rings (SSSR count). The van der Waals surface area contributed by atoms with Gasteiger partial charge < -0.3 is 8.58 Å². The van der Waals surface area contributed by atoms with E-state index in [9.17, 15) is 0 Å². The molecule has 0 nitrogen and oxygen atoms in total. The van der Waals surface area contributed by atoms with E-state index in [0.29, 0.717) is 5.16 Å². The van der Waals surface area contributed by atoms with Gasteiger partial charge in [0.2, 0.25) is 0 Å². The van der Waals surface area contributed by atoms with E-state index in [-0.39, 0.29) is 18.9 Å². The molecule has 0 bridgehead atoms. The van der Waals surface area contributed by atoms with Crippen LogP contribution < -0.4 is 24.2 Å². The molecule has 1 aromatic rings. The molecule has 2 heteroatoms. The minimum absolute atomic E-state index is 0. The fraction of sp³-hybridized carbons (Fsp3) is 0.400. The maximum Gasteiger partial charge on any atom is 1.00 e. The molecule has 0 atom stereocenters. The van der Waals surface area contributed by atoms with E-state index < -0.39 is 0 Å². The van der Waals surface area contributed by atoms with Crippen molar-refractivity contribution in [3.63, 3.8) is 0 Å². The van der Waals surface area contributed by atoms with E-state index in [0.717, 1.165) is 0 Å². The zero-order chi connectivity index (χ0) is 8.32. The maximum absolute atomic E-state index is 2.25. The van der Waals surface area contributed by atoms with Crippen LogP contribution in [0.3, 0.4) is 0 Å². The third-order valence-corrected chi connectivity index (χ3v) is 2.45. The summed E-state index contributed by atoms with van der Waals surface area (Å²) in [5, 5.41) is 1.78. The predicted octanol–water partition coefficient (Wildman–Crippen LogP) is 0.0606. The van der Waals surface area contributed by atoms with Crippen LogP contribution in [-0.2, 0) is 0 Å². The summed E-state index contributed by atoms with van der Waals surface area (Å²) in [7, 11) is 1.41. The van der Waals surface area contributed by atoms with Gasteiger partial charge in [-0.2, -0.15) is 5.16 Å². The molecule has 60 valence electrons. The molecule has 0 unspecified atom stereocenters. The van der Waals surface area contributed by atoms with Crippen LogP contribution in [0.25, 0.3) is 0 Å². The SMILES string of the molecule is CC(C)(C)[P-]c1ccccc1.[Li+]. The molecule has 1 aromatic carbocycles. The third kappa shape index (κ3) is 4.99. The number of rotatable bonds is 1. The smallest absolute Gasteiger partial charge is 0.500 e. The van der Waals surface area contributed by atoms with Gasteiger partial charge in [0.05, 0.1) is 0 Å². The van der Waals surface area contributed by atoms with E-state index in [4.69, 9.17) is 0 Å². The average molecular weight is 172 g/mol. The Morgan fingerprint density at radius 3 is 1.92 bits per heavy atom. The molecule has 0 heterocycles. The van der Waals surface area contributed by atoms with Crippen molar-refractivity contribution in [1.82, 2.24) is 0 Å². The van der Waals surface area contributed by atoms with Gasteiger partial charge in [0.15, 0.2) is 0 Å². The predicted molar refractivity (Wildman–Crippen MR) is 52.7 cm³/mol. The van der Waals surface area contributed by atoms with Gasteiger partial charge in [-0.05, 0) is 0 Å². The van der Waals surface area contributed by atoms with E-state index in [1.807, 2.05) is 0 Å². The van der Waals surface area contributed by atoms with Crippen LogP contribution in [0.1, 0.15) is 20.8 Å². The van der Waals surface area contributed by atoms with E-state index >= 15 is 0 Å². The molecule has 0 aliphatic rings. The molecule has 0 amide bonds. The van der Waals surface area contributed by atoms with Crippen LogP contribution >= 0.6 is 8.58 Å². The van der Waals surface area contributed by atoms with E-state index in [1.165, 1.54) is 13.9 Å². The Kier molecular flexibility index (Phi) is 5.19. The van der Waals surface area contributed by atoms with Crippen LogP contribution in [0.4, 0.5) is 0 Å². The van der Waals surface area contributed by atoms with Gasteiger partial charge in [-0.25, -0.2) is 5.30 Å².